The van der Waals surface area contributed by atoms with Crippen molar-refractivity contribution in [3.05, 3.63) is 44.0 Å². The lowest BCUT2D eigenvalue weighted by Gasteiger charge is -2.14. The number of methoxy groups -OCH3 is 1. The summed E-state index contributed by atoms with van der Waals surface area (Å²) in [5, 5.41) is 23.7. The monoisotopic (exact) mass is 340 g/mol. The highest BCUT2D eigenvalue weighted by atomic mass is 16.6. The maximum absolute atomic E-state index is 12.1. The quantitative estimate of drug-likeness (QED) is 0.383. The van der Waals surface area contributed by atoms with Crippen molar-refractivity contribution in [2.24, 2.45) is 5.73 Å². The molecule has 0 aromatic heterocycles. The number of benzene rings is 1. The number of rotatable bonds is 7. The zero-order valence-corrected chi connectivity index (χ0v) is 12.3. The molecule has 1 rings (SSSR count). The summed E-state index contributed by atoms with van der Waals surface area (Å²) in [5.74, 6) is -2.92. The number of nitro groups is 2. The Bertz CT molecular complexity index is 685. The normalized spacial score (nSPS) is 11.2. The van der Waals surface area contributed by atoms with E-state index < -0.39 is 57.0 Å². The van der Waals surface area contributed by atoms with Crippen LogP contribution in [0.1, 0.15) is 16.8 Å². The third-order valence-corrected chi connectivity index (χ3v) is 2.78. The average molecular weight is 340 g/mol. The number of amides is 2. The van der Waals surface area contributed by atoms with Crippen molar-refractivity contribution in [2.45, 2.75) is 12.5 Å². The van der Waals surface area contributed by atoms with Gasteiger partial charge >= 0.3 is 5.97 Å². The molecule has 3 N–H and O–H groups in total. The highest BCUT2D eigenvalue weighted by molar-refractivity contribution is 5.98. The zero-order chi connectivity index (χ0) is 18.4. The molecule has 0 spiro atoms. The van der Waals surface area contributed by atoms with E-state index in [0.717, 1.165) is 19.2 Å². The summed E-state index contributed by atoms with van der Waals surface area (Å²) in [4.78, 5) is 54.3. The summed E-state index contributed by atoms with van der Waals surface area (Å²) in [6.07, 6.45) is -0.574. The fraction of sp³-hybridized carbons (Fsp3) is 0.250. The van der Waals surface area contributed by atoms with Crippen LogP contribution in [0.25, 0.3) is 0 Å². The van der Waals surface area contributed by atoms with Gasteiger partial charge in [0.05, 0.1) is 35.0 Å². The Morgan fingerprint density at radius 1 is 1.17 bits per heavy atom. The van der Waals surface area contributed by atoms with Gasteiger partial charge < -0.3 is 15.8 Å². The molecule has 0 radical (unpaired) electrons. The first-order chi connectivity index (χ1) is 11.1. The summed E-state index contributed by atoms with van der Waals surface area (Å²) in [6, 6.07) is 0.832. The van der Waals surface area contributed by atoms with Gasteiger partial charge in [0.15, 0.2) is 0 Å². The molecule has 24 heavy (non-hydrogen) atoms. The van der Waals surface area contributed by atoms with Gasteiger partial charge in [-0.3, -0.25) is 29.8 Å². The van der Waals surface area contributed by atoms with Crippen LogP contribution < -0.4 is 11.1 Å². The second-order valence-corrected chi connectivity index (χ2v) is 4.47. The molecule has 12 heteroatoms. The molecule has 0 saturated carbocycles. The molecule has 0 heterocycles. The molecule has 1 unspecified atom stereocenters. The van der Waals surface area contributed by atoms with E-state index in [2.05, 4.69) is 10.1 Å². The Balaban J connectivity index is 3.16. The van der Waals surface area contributed by atoms with E-state index in [9.17, 15) is 34.6 Å². The van der Waals surface area contributed by atoms with Crippen molar-refractivity contribution < 1.29 is 29.0 Å². The Hall–Kier alpha value is -3.57. The number of ether oxygens (including phenoxy) is 1. The summed E-state index contributed by atoms with van der Waals surface area (Å²) in [7, 11) is 1.01. The lowest BCUT2D eigenvalue weighted by atomic mass is 10.1. The Morgan fingerprint density at radius 2 is 1.67 bits per heavy atom. The molecule has 0 bridgehead atoms. The van der Waals surface area contributed by atoms with Crippen LogP contribution in [0, 0.1) is 20.2 Å². The summed E-state index contributed by atoms with van der Waals surface area (Å²) < 4.78 is 4.40. The first-order valence-corrected chi connectivity index (χ1v) is 6.26. The second kappa shape index (κ2) is 7.62. The number of nitrogens with two attached hydrogens (primary N) is 1. The van der Waals surface area contributed by atoms with Gasteiger partial charge in [-0.1, -0.05) is 0 Å². The highest BCUT2D eigenvalue weighted by Crippen LogP contribution is 2.22. The smallest absolute Gasteiger partial charge is 0.328 e. The van der Waals surface area contributed by atoms with E-state index in [4.69, 9.17) is 5.73 Å². The fourth-order valence-electron chi connectivity index (χ4n) is 1.72. The predicted molar refractivity (Wildman–Crippen MR) is 76.8 cm³/mol. The summed E-state index contributed by atoms with van der Waals surface area (Å²) >= 11 is 0. The van der Waals surface area contributed by atoms with E-state index in [1.54, 1.807) is 0 Å². The molecule has 1 atom stereocenters. The molecule has 0 aliphatic carbocycles. The van der Waals surface area contributed by atoms with Crippen LogP contribution in [-0.2, 0) is 14.3 Å². The molecular formula is C12H12N4O8. The number of primary amides is 1. The van der Waals surface area contributed by atoms with Gasteiger partial charge in [-0.25, -0.2) is 4.79 Å². The number of non-ortho nitro benzene ring substituents is 2. The number of carbonyl (C=O) groups excluding carboxylic acids is 3. The molecule has 1 aromatic carbocycles. The molecule has 0 aliphatic rings. The van der Waals surface area contributed by atoms with E-state index in [1.165, 1.54) is 0 Å². The van der Waals surface area contributed by atoms with Crippen LogP contribution in [0.2, 0.25) is 0 Å². The van der Waals surface area contributed by atoms with Crippen LogP contribution in [0.5, 0.6) is 0 Å². The number of nitro benzene ring substituents is 2. The van der Waals surface area contributed by atoms with Gasteiger partial charge in [-0.15, -0.1) is 0 Å². The number of nitrogens with one attached hydrogen (secondary N) is 1. The lowest BCUT2D eigenvalue weighted by Crippen LogP contribution is -2.44. The summed E-state index contributed by atoms with van der Waals surface area (Å²) in [5.41, 5.74) is 3.15. The molecule has 12 nitrogen and oxygen atoms in total. The number of esters is 1. The van der Waals surface area contributed by atoms with Crippen LogP contribution in [0.4, 0.5) is 11.4 Å². The van der Waals surface area contributed by atoms with Gasteiger partial charge in [0.25, 0.3) is 17.3 Å². The minimum Gasteiger partial charge on any atom is -0.467 e. The van der Waals surface area contributed by atoms with E-state index in [-0.39, 0.29) is 0 Å². The Labute approximate surface area is 133 Å². The Morgan fingerprint density at radius 3 is 2.04 bits per heavy atom. The number of hydrogen-bond acceptors (Lipinski definition) is 8. The van der Waals surface area contributed by atoms with Crippen molar-refractivity contribution in [2.75, 3.05) is 7.11 Å². The Kier molecular flexibility index (Phi) is 5.87. The van der Waals surface area contributed by atoms with E-state index in [1.807, 2.05) is 0 Å². The van der Waals surface area contributed by atoms with Crippen LogP contribution in [0.15, 0.2) is 18.2 Å². The zero-order valence-electron chi connectivity index (χ0n) is 12.3. The van der Waals surface area contributed by atoms with Crippen molar-refractivity contribution in [3.63, 3.8) is 0 Å². The van der Waals surface area contributed by atoms with Crippen molar-refractivity contribution in [1.82, 2.24) is 5.32 Å². The first kappa shape index (κ1) is 18.5. The van der Waals surface area contributed by atoms with E-state index in [0.29, 0.717) is 6.07 Å². The van der Waals surface area contributed by atoms with Crippen LogP contribution in [0.3, 0.4) is 0 Å². The second-order valence-electron chi connectivity index (χ2n) is 4.47. The fourth-order valence-corrected chi connectivity index (χ4v) is 1.72. The van der Waals surface area contributed by atoms with E-state index >= 15 is 0 Å². The van der Waals surface area contributed by atoms with Gasteiger partial charge in [0.1, 0.15) is 6.04 Å². The highest BCUT2D eigenvalue weighted by Gasteiger charge is 2.26. The van der Waals surface area contributed by atoms with Crippen molar-refractivity contribution in [3.8, 4) is 0 Å². The van der Waals surface area contributed by atoms with Crippen molar-refractivity contribution >= 4 is 29.2 Å². The van der Waals surface area contributed by atoms with Crippen molar-refractivity contribution in [1.29, 1.82) is 0 Å². The summed E-state index contributed by atoms with van der Waals surface area (Å²) in [6.45, 7) is 0. The van der Waals surface area contributed by atoms with Gasteiger partial charge in [0, 0.05) is 12.1 Å². The third kappa shape index (κ3) is 4.72. The topological polar surface area (TPSA) is 185 Å². The number of hydrogen-bond donors (Lipinski definition) is 2. The number of nitrogens with zero attached hydrogens (tertiary/aromatic N) is 2. The SMILES string of the molecule is COC(=O)C(CC(N)=O)NC(=O)c1cc([N+](=O)[O-])cc([N+](=O)[O-])c1. The van der Waals surface area contributed by atoms with Gasteiger partial charge in [-0.2, -0.15) is 0 Å². The maximum Gasteiger partial charge on any atom is 0.328 e. The average Bonchev–Trinajstić information content (AvgIpc) is 2.52. The molecule has 0 fully saturated rings. The molecular weight excluding hydrogens is 328 g/mol. The molecule has 0 aliphatic heterocycles. The van der Waals surface area contributed by atoms with Gasteiger partial charge in [-0.05, 0) is 0 Å². The van der Waals surface area contributed by atoms with Gasteiger partial charge in [0.2, 0.25) is 5.91 Å². The molecule has 0 saturated heterocycles. The predicted octanol–water partition coefficient (Wildman–Crippen LogP) is -0.350. The number of carbonyl (C=O) groups is 3. The van der Waals surface area contributed by atoms with Crippen LogP contribution in [-0.4, -0.2) is 40.8 Å². The third-order valence-electron chi connectivity index (χ3n) is 2.78. The standard InChI is InChI=1S/C12H12N4O8/c1-24-12(19)9(5-10(13)17)14-11(18)6-2-7(15(20)21)4-8(3-6)16(22)23/h2-4,9H,5H2,1H3,(H2,13,17)(H,14,18). The molecule has 128 valence electrons. The largest absolute Gasteiger partial charge is 0.467 e. The van der Waals surface area contributed by atoms with Crippen LogP contribution >= 0.6 is 0 Å². The molecule has 1 aromatic rings. The first-order valence-electron chi connectivity index (χ1n) is 6.26. The minimum atomic E-state index is -1.43. The minimum absolute atomic E-state index is 0.436. The molecule has 2 amide bonds. The lowest BCUT2D eigenvalue weighted by molar-refractivity contribution is -0.394. The maximum atomic E-state index is 12.1.